The number of likely N-dealkylation sites (N-methyl/N-ethyl adjacent to an activating group) is 1. The number of benzene rings is 1. The van der Waals surface area contributed by atoms with E-state index in [1.807, 2.05) is 49.4 Å². The summed E-state index contributed by atoms with van der Waals surface area (Å²) in [5.74, 6) is 5.82. The highest BCUT2D eigenvalue weighted by atomic mass is 16.4. The highest BCUT2D eigenvalue weighted by Gasteiger charge is 2.17. The second-order valence-corrected chi connectivity index (χ2v) is 6.13. The maximum absolute atomic E-state index is 12.5. The highest BCUT2D eigenvalue weighted by Crippen LogP contribution is 2.11. The molecule has 0 aliphatic rings. The minimum absolute atomic E-state index is 0.184. The van der Waals surface area contributed by atoms with Crippen LogP contribution in [0, 0.1) is 11.8 Å². The van der Waals surface area contributed by atoms with Crippen molar-refractivity contribution in [3.05, 3.63) is 65.6 Å². The van der Waals surface area contributed by atoms with Gasteiger partial charge in [-0.25, -0.2) is 0 Å². The van der Waals surface area contributed by atoms with Gasteiger partial charge < -0.3 is 14.4 Å². The Bertz CT molecular complexity index is 786. The van der Waals surface area contributed by atoms with Gasteiger partial charge in [-0.2, -0.15) is 0 Å². The lowest BCUT2D eigenvalue weighted by atomic mass is 10.1. The van der Waals surface area contributed by atoms with E-state index < -0.39 is 5.60 Å². The van der Waals surface area contributed by atoms with Crippen molar-refractivity contribution in [1.29, 1.82) is 0 Å². The van der Waals surface area contributed by atoms with Crippen LogP contribution in [0.1, 0.15) is 42.6 Å². The molecule has 0 fully saturated rings. The molecule has 1 amide bonds. The van der Waals surface area contributed by atoms with Crippen molar-refractivity contribution in [2.24, 2.45) is 0 Å². The van der Waals surface area contributed by atoms with Crippen molar-refractivity contribution < 1.29 is 14.3 Å². The zero-order chi connectivity index (χ0) is 18.3. The van der Waals surface area contributed by atoms with E-state index in [9.17, 15) is 9.90 Å². The molecule has 0 aliphatic heterocycles. The molecule has 0 unspecified atom stereocenters. The van der Waals surface area contributed by atoms with Gasteiger partial charge in [0.25, 0.3) is 5.91 Å². The summed E-state index contributed by atoms with van der Waals surface area (Å²) in [6.45, 7) is 6.17. The zero-order valence-electron chi connectivity index (χ0n) is 14.8. The topological polar surface area (TPSA) is 53.7 Å². The summed E-state index contributed by atoms with van der Waals surface area (Å²) in [7, 11) is 0. The van der Waals surface area contributed by atoms with Crippen LogP contribution in [0.25, 0.3) is 6.08 Å². The minimum Gasteiger partial charge on any atom is -0.443 e. The van der Waals surface area contributed by atoms with E-state index in [0.29, 0.717) is 18.8 Å². The molecule has 1 heterocycles. The molecule has 1 N–H and O–H groups in total. The minimum atomic E-state index is -1.10. The van der Waals surface area contributed by atoms with Crippen molar-refractivity contribution in [3.63, 3.8) is 0 Å². The van der Waals surface area contributed by atoms with Crippen LogP contribution in [0.15, 0.2) is 53.0 Å². The molecule has 130 valence electrons. The van der Waals surface area contributed by atoms with Crippen LogP contribution in [0.4, 0.5) is 0 Å². The molecule has 0 aliphatic carbocycles. The Labute approximate surface area is 148 Å². The monoisotopic (exact) mass is 337 g/mol. The average molecular weight is 337 g/mol. The Hall–Kier alpha value is -2.77. The van der Waals surface area contributed by atoms with Crippen molar-refractivity contribution in [3.8, 4) is 11.8 Å². The molecule has 0 atom stereocenters. The first kappa shape index (κ1) is 18.6. The Morgan fingerprint density at radius 1 is 1.24 bits per heavy atom. The van der Waals surface area contributed by atoms with Gasteiger partial charge in [0.2, 0.25) is 0 Å². The number of furan rings is 1. The van der Waals surface area contributed by atoms with Gasteiger partial charge in [-0.15, -0.1) is 0 Å². The van der Waals surface area contributed by atoms with Crippen molar-refractivity contribution in [1.82, 2.24) is 4.90 Å². The number of amides is 1. The van der Waals surface area contributed by atoms with Crippen LogP contribution in [-0.4, -0.2) is 34.6 Å². The number of carbonyl (C=O) groups excluding carboxylic acids is 1. The van der Waals surface area contributed by atoms with Crippen LogP contribution in [0.5, 0.6) is 0 Å². The Morgan fingerprint density at radius 2 is 1.96 bits per heavy atom. The van der Waals surface area contributed by atoms with Gasteiger partial charge >= 0.3 is 0 Å². The summed E-state index contributed by atoms with van der Waals surface area (Å²) in [5, 5.41) is 9.61. The first-order chi connectivity index (χ1) is 11.9. The average Bonchev–Trinajstić information content (AvgIpc) is 3.06. The van der Waals surface area contributed by atoms with Gasteiger partial charge in [-0.05, 0) is 44.4 Å². The molecular formula is C21H23NO3. The molecule has 2 rings (SSSR count). The van der Waals surface area contributed by atoms with Crippen LogP contribution < -0.4 is 0 Å². The van der Waals surface area contributed by atoms with Crippen LogP contribution >= 0.6 is 0 Å². The summed E-state index contributed by atoms with van der Waals surface area (Å²) in [6, 6.07) is 13.2. The fraction of sp³-hybridized carbons (Fsp3) is 0.286. The van der Waals surface area contributed by atoms with Crippen LogP contribution in [0.2, 0.25) is 0 Å². The molecule has 0 bridgehead atoms. The lowest BCUT2D eigenvalue weighted by molar-refractivity contribution is 0.0750. The molecule has 1 aromatic heterocycles. The van der Waals surface area contributed by atoms with Crippen molar-refractivity contribution in [2.75, 3.05) is 13.1 Å². The van der Waals surface area contributed by atoms with Gasteiger partial charge in [-0.1, -0.05) is 48.4 Å². The second kappa shape index (κ2) is 8.36. The predicted molar refractivity (Wildman–Crippen MR) is 98.9 cm³/mol. The number of aliphatic hydroxyl groups is 1. The fourth-order valence-electron chi connectivity index (χ4n) is 2.13. The SMILES string of the molecule is CCN(C/C=C/c1ccccc1)C(=O)c1ccc(C#CC(C)(C)O)o1. The smallest absolute Gasteiger partial charge is 0.289 e. The Morgan fingerprint density at radius 3 is 2.60 bits per heavy atom. The Kier molecular flexibility index (Phi) is 6.21. The van der Waals surface area contributed by atoms with E-state index in [1.165, 1.54) is 0 Å². The Balaban J connectivity index is 2.03. The van der Waals surface area contributed by atoms with Crippen LogP contribution in [0.3, 0.4) is 0 Å². The van der Waals surface area contributed by atoms with E-state index in [2.05, 4.69) is 11.8 Å². The van der Waals surface area contributed by atoms with Gasteiger partial charge in [-0.3, -0.25) is 4.79 Å². The van der Waals surface area contributed by atoms with E-state index in [4.69, 9.17) is 4.42 Å². The van der Waals surface area contributed by atoms with E-state index in [1.54, 1.807) is 30.9 Å². The van der Waals surface area contributed by atoms with E-state index >= 15 is 0 Å². The molecular weight excluding hydrogens is 314 g/mol. The normalized spacial score (nSPS) is 11.2. The lowest BCUT2D eigenvalue weighted by Gasteiger charge is -2.17. The summed E-state index contributed by atoms with van der Waals surface area (Å²) in [4.78, 5) is 14.2. The van der Waals surface area contributed by atoms with Gasteiger partial charge in [0.1, 0.15) is 5.60 Å². The fourth-order valence-corrected chi connectivity index (χ4v) is 2.13. The summed E-state index contributed by atoms with van der Waals surface area (Å²) < 4.78 is 5.49. The molecule has 1 aromatic carbocycles. The predicted octanol–water partition coefficient (Wildman–Crippen LogP) is 3.58. The number of carbonyl (C=O) groups is 1. The summed E-state index contributed by atoms with van der Waals surface area (Å²) in [6.07, 6.45) is 3.94. The third-order valence-corrected chi connectivity index (χ3v) is 3.41. The summed E-state index contributed by atoms with van der Waals surface area (Å²) in [5.41, 5.74) is -0.0116. The summed E-state index contributed by atoms with van der Waals surface area (Å²) >= 11 is 0. The number of hydrogen-bond acceptors (Lipinski definition) is 3. The quantitative estimate of drug-likeness (QED) is 0.849. The highest BCUT2D eigenvalue weighted by molar-refractivity contribution is 5.91. The second-order valence-electron chi connectivity index (χ2n) is 6.13. The third-order valence-electron chi connectivity index (χ3n) is 3.41. The van der Waals surface area contributed by atoms with Crippen molar-refractivity contribution >= 4 is 12.0 Å². The van der Waals surface area contributed by atoms with Crippen molar-refractivity contribution in [2.45, 2.75) is 26.4 Å². The molecule has 25 heavy (non-hydrogen) atoms. The first-order valence-corrected chi connectivity index (χ1v) is 8.25. The van der Waals surface area contributed by atoms with Gasteiger partial charge in [0, 0.05) is 13.1 Å². The molecule has 0 saturated carbocycles. The number of rotatable bonds is 5. The standard InChI is InChI=1S/C21H23NO3/c1-4-22(16-8-11-17-9-6-5-7-10-17)20(23)19-13-12-18(25-19)14-15-21(2,3)24/h5-13,24H,4,16H2,1-3H3/b11-8+. The largest absolute Gasteiger partial charge is 0.443 e. The molecule has 4 nitrogen and oxygen atoms in total. The number of nitrogens with zero attached hydrogens (tertiary/aromatic N) is 1. The molecule has 0 spiro atoms. The molecule has 2 aromatic rings. The van der Waals surface area contributed by atoms with E-state index in [-0.39, 0.29) is 11.7 Å². The van der Waals surface area contributed by atoms with E-state index in [0.717, 1.165) is 5.56 Å². The molecule has 0 saturated heterocycles. The van der Waals surface area contributed by atoms with Gasteiger partial charge in [0.05, 0.1) is 0 Å². The lowest BCUT2D eigenvalue weighted by Crippen LogP contribution is -2.30. The third kappa shape index (κ3) is 5.98. The first-order valence-electron chi connectivity index (χ1n) is 8.25. The number of hydrogen-bond donors (Lipinski definition) is 1. The maximum atomic E-state index is 12.5. The zero-order valence-corrected chi connectivity index (χ0v) is 14.8. The van der Waals surface area contributed by atoms with Gasteiger partial charge in [0.15, 0.2) is 11.5 Å². The molecule has 0 radical (unpaired) electrons. The maximum Gasteiger partial charge on any atom is 0.289 e. The molecule has 4 heteroatoms. The van der Waals surface area contributed by atoms with Crippen LogP contribution in [-0.2, 0) is 0 Å².